The van der Waals surface area contributed by atoms with Gasteiger partial charge in [0, 0.05) is 37.5 Å². The third-order valence-corrected chi connectivity index (χ3v) is 7.05. The first-order chi connectivity index (χ1) is 15.2. The molecule has 1 unspecified atom stereocenters. The molecule has 0 amide bonds. The number of rotatable bonds is 5. The summed E-state index contributed by atoms with van der Waals surface area (Å²) in [6.07, 6.45) is 0. The predicted molar refractivity (Wildman–Crippen MR) is 118 cm³/mol. The van der Waals surface area contributed by atoms with Gasteiger partial charge in [-0.25, -0.2) is 13.8 Å². The van der Waals surface area contributed by atoms with Gasteiger partial charge in [-0.2, -0.15) is 0 Å². The molecule has 1 atom stereocenters. The van der Waals surface area contributed by atoms with E-state index in [1.165, 1.54) is 6.07 Å². The van der Waals surface area contributed by atoms with Gasteiger partial charge in [-0.3, -0.25) is 9.55 Å². The quantitative estimate of drug-likeness (QED) is 0.201. The zero-order chi connectivity index (χ0) is 22.9. The van der Waals surface area contributed by atoms with E-state index in [0.717, 1.165) is 6.07 Å². The number of benzene rings is 1. The zero-order valence-corrected chi connectivity index (χ0v) is 20.8. The topological polar surface area (TPSA) is 76.0 Å². The Kier molecular flexibility index (Phi) is 7.38. The molecule has 5 nitrogen and oxygen atoms in total. The molecular formula is C24H19F2N3O2PPt-. The molecule has 0 saturated heterocycles. The van der Waals surface area contributed by atoms with Crippen LogP contribution in [-0.4, -0.2) is 19.8 Å². The number of nitrogens with zero attached hydrogens (tertiary/aromatic N) is 3. The summed E-state index contributed by atoms with van der Waals surface area (Å²) in [5, 5.41) is 0.289. The first kappa shape index (κ1) is 25.0. The maximum Gasteiger partial charge on any atom is 0.276 e. The van der Waals surface area contributed by atoms with Crippen molar-refractivity contribution in [2.75, 3.05) is 0 Å². The summed E-state index contributed by atoms with van der Waals surface area (Å²) < 4.78 is 40.4. The molecule has 172 valence electrons. The molecule has 0 aliphatic carbocycles. The minimum Gasteiger partial charge on any atom is -0.337 e. The fourth-order valence-corrected chi connectivity index (χ4v) is 4.68. The van der Waals surface area contributed by atoms with Crippen molar-refractivity contribution >= 4 is 18.1 Å². The Morgan fingerprint density at radius 2 is 1.52 bits per heavy atom. The zero-order valence-electron chi connectivity index (χ0n) is 17.6. The average molecular weight is 645 g/mol. The van der Waals surface area contributed by atoms with Crippen LogP contribution < -0.4 is 10.7 Å². The molecule has 0 saturated carbocycles. The molecule has 9 heteroatoms. The molecule has 3 heterocycles. The third kappa shape index (κ3) is 5.01. The summed E-state index contributed by atoms with van der Waals surface area (Å²) in [7, 11) is -3.88. The largest absolute Gasteiger partial charge is 0.337 e. The van der Waals surface area contributed by atoms with E-state index in [1.54, 1.807) is 60.7 Å². The number of pyridine rings is 3. The number of halogens is 2. The van der Waals surface area contributed by atoms with Crippen LogP contribution in [0, 0.1) is 18.0 Å². The van der Waals surface area contributed by atoms with Crippen LogP contribution in [0.25, 0.3) is 11.3 Å². The Bertz CT molecular complexity index is 1340. The Morgan fingerprint density at radius 1 is 0.879 bits per heavy atom. The summed E-state index contributed by atoms with van der Waals surface area (Å²) in [5.41, 5.74) is 0.541. The summed E-state index contributed by atoms with van der Waals surface area (Å²) in [5.74, 6) is -1.97. The standard InChI is InChI=1S/C24H19F2N3O2P.Pt/c1-24(2,19-11-6-10-18(27-19)17-14-15-21(25)29-23(17)26)20-12-7-13-22(28-20)32(30,31)16-8-4-3-5-9-16;/h3-13,15H,1-2H3,(H,30,31);/q-1;. The van der Waals surface area contributed by atoms with Gasteiger partial charge in [0.2, 0.25) is 0 Å². The number of aromatic nitrogens is 3. The van der Waals surface area contributed by atoms with E-state index >= 15 is 0 Å². The first-order valence-corrected chi connectivity index (χ1v) is 11.4. The molecule has 4 aromatic rings. The molecule has 0 aliphatic heterocycles. The van der Waals surface area contributed by atoms with Gasteiger partial charge >= 0.3 is 0 Å². The molecule has 0 aliphatic rings. The molecule has 3 aromatic heterocycles. The van der Waals surface area contributed by atoms with Crippen LogP contribution in [0.3, 0.4) is 0 Å². The van der Waals surface area contributed by atoms with Crippen LogP contribution in [0.1, 0.15) is 25.2 Å². The van der Waals surface area contributed by atoms with Crippen molar-refractivity contribution < 1.29 is 39.3 Å². The molecule has 0 bridgehead atoms. The second-order valence-electron chi connectivity index (χ2n) is 7.71. The maximum atomic E-state index is 14.1. The van der Waals surface area contributed by atoms with E-state index < -0.39 is 24.7 Å². The fraction of sp³-hybridized carbons (Fsp3) is 0.125. The average Bonchev–Trinajstić information content (AvgIpc) is 2.80. The molecule has 33 heavy (non-hydrogen) atoms. The van der Waals surface area contributed by atoms with Crippen LogP contribution in [0.4, 0.5) is 8.78 Å². The summed E-state index contributed by atoms with van der Waals surface area (Å²) in [6.45, 7) is 3.72. The van der Waals surface area contributed by atoms with Gasteiger partial charge in [0.05, 0.1) is 5.69 Å². The Labute approximate surface area is 204 Å². The van der Waals surface area contributed by atoms with E-state index in [9.17, 15) is 18.2 Å². The van der Waals surface area contributed by atoms with Crippen LogP contribution in [-0.2, 0) is 31.0 Å². The molecule has 0 spiro atoms. The van der Waals surface area contributed by atoms with Crippen molar-refractivity contribution in [2.24, 2.45) is 0 Å². The van der Waals surface area contributed by atoms with Gasteiger partial charge in [-0.05, 0) is 49.9 Å². The molecule has 1 aromatic carbocycles. The summed E-state index contributed by atoms with van der Waals surface area (Å²) >= 11 is 0. The van der Waals surface area contributed by atoms with Crippen molar-refractivity contribution in [3.63, 3.8) is 0 Å². The fourth-order valence-electron chi connectivity index (χ4n) is 3.31. The van der Waals surface area contributed by atoms with Crippen LogP contribution in [0.5, 0.6) is 0 Å². The second kappa shape index (κ2) is 9.72. The molecule has 1 N–H and O–H groups in total. The van der Waals surface area contributed by atoms with Gasteiger partial charge in [-0.15, -0.1) is 6.07 Å². The van der Waals surface area contributed by atoms with Gasteiger partial charge in [0.25, 0.3) is 7.37 Å². The van der Waals surface area contributed by atoms with Crippen molar-refractivity contribution in [1.29, 1.82) is 0 Å². The van der Waals surface area contributed by atoms with Crippen molar-refractivity contribution in [1.82, 2.24) is 15.0 Å². The Hall–Kier alpha value is -2.59. The van der Waals surface area contributed by atoms with E-state index in [0.29, 0.717) is 11.4 Å². The first-order valence-electron chi connectivity index (χ1n) is 9.78. The van der Waals surface area contributed by atoms with Crippen molar-refractivity contribution in [3.05, 3.63) is 102 Å². The van der Waals surface area contributed by atoms with Gasteiger partial charge in [0.1, 0.15) is 17.3 Å². The van der Waals surface area contributed by atoms with E-state index in [-0.39, 0.29) is 43.1 Å². The van der Waals surface area contributed by atoms with Gasteiger partial charge in [-0.1, -0.05) is 48.0 Å². The van der Waals surface area contributed by atoms with Crippen LogP contribution in [0.15, 0.2) is 72.8 Å². The minimum atomic E-state index is -3.88. The SMILES string of the molecule is CC(C)(c1cccc(-c2[c-]cc(F)nc2F)n1)c1cccc(P(=O)(O)c2ccccc2)n1.[Pt]. The monoisotopic (exact) mass is 645 g/mol. The Morgan fingerprint density at radius 3 is 2.18 bits per heavy atom. The molecular weight excluding hydrogens is 626 g/mol. The molecule has 4 rings (SSSR count). The van der Waals surface area contributed by atoms with Crippen molar-refractivity contribution in [2.45, 2.75) is 19.3 Å². The van der Waals surface area contributed by atoms with Gasteiger partial charge < -0.3 is 9.88 Å². The molecule has 0 radical (unpaired) electrons. The predicted octanol–water partition coefficient (Wildman–Crippen LogP) is 4.16. The maximum absolute atomic E-state index is 14.1. The van der Waals surface area contributed by atoms with Crippen LogP contribution in [0.2, 0.25) is 0 Å². The van der Waals surface area contributed by atoms with Crippen molar-refractivity contribution in [3.8, 4) is 11.3 Å². The minimum absolute atomic E-state index is 0. The number of hydrogen-bond acceptors (Lipinski definition) is 4. The normalized spacial score (nSPS) is 13.1. The van der Waals surface area contributed by atoms with E-state index in [1.807, 2.05) is 13.8 Å². The van der Waals surface area contributed by atoms with E-state index in [2.05, 4.69) is 21.0 Å². The third-order valence-electron chi connectivity index (χ3n) is 5.18. The summed E-state index contributed by atoms with van der Waals surface area (Å²) in [4.78, 5) is 23.0. The second-order valence-corrected chi connectivity index (χ2v) is 9.84. The number of hydrogen-bond donors (Lipinski definition) is 1. The van der Waals surface area contributed by atoms with E-state index in [4.69, 9.17) is 0 Å². The van der Waals surface area contributed by atoms with Gasteiger partial charge in [0.15, 0.2) is 0 Å². The van der Waals surface area contributed by atoms with Crippen LogP contribution >= 0.6 is 7.37 Å². The smallest absolute Gasteiger partial charge is 0.276 e. The Balaban J connectivity index is 0.00000306. The molecule has 0 fully saturated rings. The summed E-state index contributed by atoms with van der Waals surface area (Å²) in [6, 6.07) is 21.8.